The Morgan fingerprint density at radius 3 is 2.84 bits per heavy atom. The van der Waals surface area contributed by atoms with Gasteiger partial charge in [0.25, 0.3) is 0 Å². The Bertz CT molecular complexity index is 1780. The first-order valence-corrected chi connectivity index (χ1v) is 12.7. The van der Waals surface area contributed by atoms with Crippen LogP contribution in [-0.4, -0.2) is 36.0 Å². The van der Waals surface area contributed by atoms with Crippen molar-refractivity contribution >= 4 is 45.0 Å². The predicted octanol–water partition coefficient (Wildman–Crippen LogP) is 6.48. The molecular weight excluding hydrogens is 489 g/mol. The van der Waals surface area contributed by atoms with Crippen LogP contribution < -0.4 is 5.32 Å². The van der Waals surface area contributed by atoms with Gasteiger partial charge in [0.2, 0.25) is 5.91 Å². The minimum atomic E-state index is -0.456. The molecule has 0 atom stereocenters. The van der Waals surface area contributed by atoms with Crippen LogP contribution >= 0.6 is 11.3 Å². The van der Waals surface area contributed by atoms with Gasteiger partial charge in [0.15, 0.2) is 11.5 Å². The van der Waals surface area contributed by atoms with Crippen LogP contribution in [0.1, 0.15) is 24.6 Å². The van der Waals surface area contributed by atoms with E-state index >= 15 is 4.39 Å². The SMILES string of the molecule is CCCC(=O)Nc1cncc(-c2ccc3[nH]nc(-c4nc5nccc(-c6ccc(C)s6)c5[nH]4)c3c2F)c1. The maximum Gasteiger partial charge on any atom is 0.224 e. The summed E-state index contributed by atoms with van der Waals surface area (Å²) in [5.41, 5.74) is 4.59. The van der Waals surface area contributed by atoms with Crippen LogP contribution in [0, 0.1) is 12.7 Å². The zero-order valence-corrected chi connectivity index (χ0v) is 20.9. The van der Waals surface area contributed by atoms with E-state index in [0.29, 0.717) is 51.3 Å². The standard InChI is InChI=1S/C27H22FN7OS/c1-3-4-21(36)31-16-11-15(12-29-13-16)17-6-7-19-22(23(17)28)25(35-34-19)27-32-24-18(9-10-30-26(24)33-27)20-8-5-14(2)37-20/h5-13H,3-4H2,1-2H3,(H,31,36)(H,34,35)(H,30,32,33). The van der Waals surface area contributed by atoms with E-state index in [1.165, 1.54) is 4.88 Å². The number of hydrogen-bond acceptors (Lipinski definition) is 6. The topological polar surface area (TPSA) is 112 Å². The smallest absolute Gasteiger partial charge is 0.224 e. The van der Waals surface area contributed by atoms with Gasteiger partial charge in [-0.05, 0) is 49.7 Å². The zero-order chi connectivity index (χ0) is 25.5. The van der Waals surface area contributed by atoms with Crippen molar-refractivity contribution in [2.45, 2.75) is 26.7 Å². The van der Waals surface area contributed by atoms with E-state index in [9.17, 15) is 4.79 Å². The summed E-state index contributed by atoms with van der Waals surface area (Å²) in [5.74, 6) is -0.142. The molecule has 5 heterocycles. The molecule has 0 aliphatic rings. The molecule has 37 heavy (non-hydrogen) atoms. The molecule has 0 spiro atoms. The summed E-state index contributed by atoms with van der Waals surface area (Å²) in [4.78, 5) is 30.9. The van der Waals surface area contributed by atoms with E-state index in [2.05, 4.69) is 54.5 Å². The zero-order valence-electron chi connectivity index (χ0n) is 20.1. The van der Waals surface area contributed by atoms with Gasteiger partial charge in [-0.3, -0.25) is 14.9 Å². The maximum atomic E-state index is 16.0. The molecule has 0 fully saturated rings. The predicted molar refractivity (Wildman–Crippen MR) is 144 cm³/mol. The molecule has 0 unspecified atom stereocenters. The van der Waals surface area contributed by atoms with E-state index < -0.39 is 5.82 Å². The summed E-state index contributed by atoms with van der Waals surface area (Å²) in [7, 11) is 0. The number of amides is 1. The van der Waals surface area contributed by atoms with Crippen molar-refractivity contribution in [1.29, 1.82) is 0 Å². The molecule has 3 N–H and O–H groups in total. The number of carbonyl (C=O) groups excluding carboxylic acids is 1. The number of aromatic nitrogens is 6. The van der Waals surface area contributed by atoms with Crippen molar-refractivity contribution in [2.75, 3.05) is 5.32 Å². The van der Waals surface area contributed by atoms with Crippen molar-refractivity contribution < 1.29 is 9.18 Å². The van der Waals surface area contributed by atoms with Crippen molar-refractivity contribution in [1.82, 2.24) is 30.1 Å². The Hall–Kier alpha value is -4.44. The van der Waals surface area contributed by atoms with Crippen molar-refractivity contribution in [3.05, 3.63) is 65.7 Å². The first kappa shape index (κ1) is 23.0. The third-order valence-corrected chi connectivity index (χ3v) is 7.13. The maximum absolute atomic E-state index is 16.0. The van der Waals surface area contributed by atoms with Gasteiger partial charge in [-0.25, -0.2) is 14.4 Å². The van der Waals surface area contributed by atoms with Crippen molar-refractivity contribution in [3.63, 3.8) is 0 Å². The highest BCUT2D eigenvalue weighted by Gasteiger charge is 2.21. The van der Waals surface area contributed by atoms with Crippen molar-refractivity contribution in [3.8, 4) is 33.1 Å². The van der Waals surface area contributed by atoms with Crippen LogP contribution in [0.4, 0.5) is 10.1 Å². The van der Waals surface area contributed by atoms with E-state index in [1.807, 2.05) is 13.0 Å². The first-order chi connectivity index (χ1) is 18.0. The second-order valence-corrected chi connectivity index (χ2v) is 10.0. The molecule has 1 amide bonds. The summed E-state index contributed by atoms with van der Waals surface area (Å²) in [6.45, 7) is 3.99. The third-order valence-electron chi connectivity index (χ3n) is 6.10. The van der Waals surface area contributed by atoms with E-state index in [1.54, 1.807) is 48.1 Å². The second-order valence-electron chi connectivity index (χ2n) is 8.74. The first-order valence-electron chi connectivity index (χ1n) is 11.9. The molecule has 0 radical (unpaired) electrons. The molecule has 10 heteroatoms. The average Bonchev–Trinajstić information content (AvgIpc) is 3.62. The second kappa shape index (κ2) is 9.21. The van der Waals surface area contributed by atoms with Gasteiger partial charge in [-0.15, -0.1) is 11.3 Å². The lowest BCUT2D eigenvalue weighted by Crippen LogP contribution is -2.10. The number of anilines is 1. The Morgan fingerprint density at radius 1 is 1.14 bits per heavy atom. The van der Waals surface area contributed by atoms with Gasteiger partial charge >= 0.3 is 0 Å². The number of nitrogens with zero attached hydrogens (tertiary/aromatic N) is 4. The highest BCUT2D eigenvalue weighted by Crippen LogP contribution is 2.36. The minimum absolute atomic E-state index is 0.106. The van der Waals surface area contributed by atoms with Crippen LogP contribution in [0.25, 0.3) is 55.2 Å². The number of aryl methyl sites for hydroxylation is 1. The number of benzene rings is 1. The Morgan fingerprint density at radius 2 is 2.03 bits per heavy atom. The fourth-order valence-corrected chi connectivity index (χ4v) is 5.28. The van der Waals surface area contributed by atoms with E-state index in [0.717, 1.165) is 22.4 Å². The quantitative estimate of drug-likeness (QED) is 0.237. The molecule has 0 aliphatic carbocycles. The lowest BCUT2D eigenvalue weighted by Gasteiger charge is -2.08. The van der Waals surface area contributed by atoms with Gasteiger partial charge in [-0.1, -0.05) is 6.92 Å². The van der Waals surface area contributed by atoms with E-state index in [-0.39, 0.29) is 5.91 Å². The number of imidazole rings is 1. The number of halogens is 1. The van der Waals surface area contributed by atoms with Gasteiger partial charge in [0.1, 0.15) is 11.5 Å². The molecule has 0 aliphatic heterocycles. The molecule has 6 aromatic rings. The van der Waals surface area contributed by atoms with Crippen LogP contribution in [0.15, 0.2) is 55.0 Å². The number of thiophene rings is 1. The number of nitrogens with one attached hydrogen (secondary N) is 3. The largest absolute Gasteiger partial charge is 0.335 e. The fraction of sp³-hybridized carbons (Fsp3) is 0.148. The molecule has 0 bridgehead atoms. The fourth-order valence-electron chi connectivity index (χ4n) is 4.38. The molecule has 0 saturated carbocycles. The van der Waals surface area contributed by atoms with Gasteiger partial charge in [0.05, 0.1) is 28.3 Å². The number of rotatable bonds is 6. The number of H-pyrrole nitrogens is 2. The number of carbonyl (C=O) groups is 1. The van der Waals surface area contributed by atoms with Crippen LogP contribution in [-0.2, 0) is 4.79 Å². The summed E-state index contributed by atoms with van der Waals surface area (Å²) < 4.78 is 16.0. The third kappa shape index (κ3) is 4.15. The molecule has 6 rings (SSSR count). The minimum Gasteiger partial charge on any atom is -0.335 e. The average molecular weight is 512 g/mol. The molecule has 5 aromatic heterocycles. The number of pyridine rings is 2. The lowest BCUT2D eigenvalue weighted by molar-refractivity contribution is -0.116. The lowest BCUT2D eigenvalue weighted by atomic mass is 10.0. The normalized spacial score (nSPS) is 11.4. The highest BCUT2D eigenvalue weighted by atomic mass is 32.1. The van der Waals surface area contributed by atoms with Gasteiger partial charge < -0.3 is 10.3 Å². The van der Waals surface area contributed by atoms with Gasteiger partial charge in [0, 0.05) is 45.3 Å². The summed E-state index contributed by atoms with van der Waals surface area (Å²) >= 11 is 1.68. The monoisotopic (exact) mass is 511 g/mol. The Balaban J connectivity index is 1.44. The van der Waals surface area contributed by atoms with Crippen molar-refractivity contribution in [2.24, 2.45) is 0 Å². The van der Waals surface area contributed by atoms with Crippen LogP contribution in [0.5, 0.6) is 0 Å². The molecule has 0 saturated heterocycles. The van der Waals surface area contributed by atoms with Crippen LogP contribution in [0.3, 0.4) is 0 Å². The summed E-state index contributed by atoms with van der Waals surface area (Å²) in [6, 6.07) is 11.2. The Labute approximate surface area is 215 Å². The molecule has 184 valence electrons. The molecule has 8 nitrogen and oxygen atoms in total. The number of hydrogen-bond donors (Lipinski definition) is 3. The Kier molecular flexibility index (Phi) is 5.72. The summed E-state index contributed by atoms with van der Waals surface area (Å²) in [5, 5.41) is 10.4. The number of aromatic amines is 2. The molecule has 1 aromatic carbocycles. The summed E-state index contributed by atoms with van der Waals surface area (Å²) in [6.07, 6.45) is 5.98. The van der Waals surface area contributed by atoms with E-state index in [4.69, 9.17) is 0 Å². The highest BCUT2D eigenvalue weighted by molar-refractivity contribution is 7.15. The van der Waals surface area contributed by atoms with Gasteiger partial charge in [-0.2, -0.15) is 5.10 Å². The van der Waals surface area contributed by atoms with Crippen LogP contribution in [0.2, 0.25) is 0 Å². The number of fused-ring (bicyclic) bond motifs is 2. The molecular formula is C27H22FN7OS.